The van der Waals surface area contributed by atoms with Gasteiger partial charge in [0.2, 0.25) is 0 Å². The molecule has 0 aliphatic rings. The molecule has 0 aliphatic carbocycles. The van der Waals surface area contributed by atoms with E-state index in [1.807, 2.05) is 0 Å². The molecule has 6 heteroatoms. The summed E-state index contributed by atoms with van der Waals surface area (Å²) < 4.78 is 30.7. The van der Waals surface area contributed by atoms with Crippen molar-refractivity contribution in [2.24, 2.45) is 0 Å². The molecule has 0 unspecified atom stereocenters. The van der Waals surface area contributed by atoms with E-state index < -0.39 is 10.4 Å². The van der Waals surface area contributed by atoms with E-state index in [1.165, 1.54) is 83.5 Å². The third-order valence-electron chi connectivity index (χ3n) is 4.43. The summed E-state index contributed by atoms with van der Waals surface area (Å²) in [7, 11) is -2.63. The van der Waals surface area contributed by atoms with Gasteiger partial charge in [-0.05, 0) is 6.42 Å². The van der Waals surface area contributed by atoms with Crippen LogP contribution in [0.2, 0.25) is 0 Å². The monoisotopic (exact) mass is 387 g/mol. The summed E-state index contributed by atoms with van der Waals surface area (Å²) in [6.45, 7) is 2.50. The van der Waals surface area contributed by atoms with E-state index in [0.29, 0.717) is 0 Å². The summed E-state index contributed by atoms with van der Waals surface area (Å²) in [4.78, 5) is 0. The molecular formula is C19H40NaO4S. The summed E-state index contributed by atoms with van der Waals surface area (Å²) >= 11 is 0. The van der Waals surface area contributed by atoms with Gasteiger partial charge in [0.15, 0.2) is 0 Å². The Hall–Kier alpha value is 0.870. The van der Waals surface area contributed by atoms with Crippen LogP contribution in [0.25, 0.3) is 0 Å². The molecule has 0 heterocycles. The third kappa shape index (κ3) is 22.8. The van der Waals surface area contributed by atoms with Crippen molar-refractivity contribution in [3.8, 4) is 0 Å². The van der Waals surface area contributed by atoms with Crippen molar-refractivity contribution in [1.29, 1.82) is 0 Å². The molecule has 0 aromatic rings. The van der Waals surface area contributed by atoms with E-state index in [2.05, 4.69) is 15.3 Å². The maximum atomic E-state index is 10.9. The second kappa shape index (κ2) is 21.2. The zero-order chi connectivity index (χ0) is 17.9. The van der Waals surface area contributed by atoms with E-state index in [4.69, 9.17) is 0 Å². The van der Waals surface area contributed by atoms with Gasteiger partial charge in [-0.1, -0.05) is 103 Å². The predicted octanol–water partition coefficient (Wildman–Crippen LogP) is 5.77. The fourth-order valence-corrected chi connectivity index (χ4v) is 3.28. The van der Waals surface area contributed by atoms with Crippen LogP contribution in [0.15, 0.2) is 0 Å². The Balaban J connectivity index is 0. The van der Waals surface area contributed by atoms with Gasteiger partial charge in [-0.3, -0.25) is 4.18 Å². The van der Waals surface area contributed by atoms with Gasteiger partial charge < -0.3 is 0 Å². The van der Waals surface area contributed by atoms with Crippen molar-refractivity contribution in [2.45, 2.75) is 110 Å². The molecule has 0 spiro atoms. The molecule has 1 radical (unpaired) electrons. The number of unbranched alkanes of at least 4 members (excludes halogenated alkanes) is 15. The predicted molar refractivity (Wildman–Crippen MR) is 107 cm³/mol. The second-order valence-corrected chi connectivity index (χ2v) is 8.09. The normalized spacial score (nSPS) is 11.4. The minimum absolute atomic E-state index is 0. The fourth-order valence-electron chi connectivity index (χ4n) is 2.86. The van der Waals surface area contributed by atoms with Gasteiger partial charge in [0.05, 0.1) is 13.7 Å². The summed E-state index contributed by atoms with van der Waals surface area (Å²) in [5, 5.41) is 0. The van der Waals surface area contributed by atoms with Gasteiger partial charge in [-0.2, -0.15) is 8.42 Å². The molecule has 0 saturated carbocycles. The van der Waals surface area contributed by atoms with Crippen molar-refractivity contribution >= 4 is 40.0 Å². The molecular weight excluding hydrogens is 347 g/mol. The van der Waals surface area contributed by atoms with Gasteiger partial charge in [0, 0.05) is 29.6 Å². The Bertz CT molecular complexity index is 347. The molecule has 0 bridgehead atoms. The minimum Gasteiger partial charge on any atom is -0.252 e. The van der Waals surface area contributed by atoms with Crippen molar-refractivity contribution < 1.29 is 16.8 Å². The first-order chi connectivity index (χ1) is 11.6. The average molecular weight is 388 g/mol. The van der Waals surface area contributed by atoms with E-state index in [0.717, 1.165) is 26.4 Å². The zero-order valence-corrected chi connectivity index (χ0v) is 19.9. The fraction of sp³-hybridized carbons (Fsp3) is 1.00. The first kappa shape index (κ1) is 28.1. The van der Waals surface area contributed by atoms with E-state index >= 15 is 0 Å². The topological polar surface area (TPSA) is 52.6 Å². The molecule has 0 fully saturated rings. The number of hydrogen-bond acceptors (Lipinski definition) is 4. The van der Waals surface area contributed by atoms with Crippen LogP contribution >= 0.6 is 0 Å². The maximum absolute atomic E-state index is 10.9. The summed E-state index contributed by atoms with van der Waals surface area (Å²) in [6.07, 6.45) is 20.8. The Morgan fingerprint density at radius 3 is 1.24 bits per heavy atom. The summed E-state index contributed by atoms with van der Waals surface area (Å²) in [5.41, 5.74) is 0. The van der Waals surface area contributed by atoms with Gasteiger partial charge in [-0.15, -0.1) is 0 Å². The zero-order valence-electron chi connectivity index (χ0n) is 17.1. The van der Waals surface area contributed by atoms with Gasteiger partial charge >= 0.3 is 10.4 Å². The Labute approximate surface area is 179 Å². The Kier molecular flexibility index (Phi) is 23.8. The van der Waals surface area contributed by atoms with Crippen molar-refractivity contribution in [3.63, 3.8) is 0 Å². The molecule has 0 atom stereocenters. The van der Waals surface area contributed by atoms with Crippen LogP contribution in [0, 0.1) is 0 Å². The molecule has 25 heavy (non-hydrogen) atoms. The average Bonchev–Trinajstić information content (AvgIpc) is 2.57. The maximum Gasteiger partial charge on any atom is 0.399 e. The molecule has 0 saturated heterocycles. The molecule has 0 aromatic carbocycles. The van der Waals surface area contributed by atoms with Crippen LogP contribution in [-0.4, -0.2) is 51.7 Å². The van der Waals surface area contributed by atoms with Gasteiger partial charge in [-0.25, -0.2) is 4.18 Å². The van der Waals surface area contributed by atoms with E-state index in [-0.39, 0.29) is 36.2 Å². The number of rotatable bonds is 19. The third-order valence-corrected chi connectivity index (χ3v) is 5.29. The SMILES string of the molecule is CCCCCCCCCCCCCCCCCCOS(=O)(=O)OC.[Na]. The first-order valence-electron chi connectivity index (χ1n) is 10.1. The largest absolute Gasteiger partial charge is 0.399 e. The van der Waals surface area contributed by atoms with Crippen molar-refractivity contribution in [1.82, 2.24) is 0 Å². The molecule has 0 rings (SSSR count). The van der Waals surface area contributed by atoms with Crippen LogP contribution in [-0.2, 0) is 18.8 Å². The molecule has 0 amide bonds. The first-order valence-corrected chi connectivity index (χ1v) is 11.4. The molecule has 147 valence electrons. The molecule has 0 aliphatic heterocycles. The second-order valence-electron chi connectivity index (χ2n) is 6.70. The quantitative estimate of drug-likeness (QED) is 0.208. The van der Waals surface area contributed by atoms with Crippen LogP contribution in [0.4, 0.5) is 0 Å². The van der Waals surface area contributed by atoms with Gasteiger partial charge in [0.25, 0.3) is 0 Å². The molecule has 0 N–H and O–H groups in total. The van der Waals surface area contributed by atoms with Gasteiger partial charge in [0.1, 0.15) is 0 Å². The van der Waals surface area contributed by atoms with Crippen molar-refractivity contribution in [2.75, 3.05) is 13.7 Å². The minimum atomic E-state index is -3.74. The van der Waals surface area contributed by atoms with E-state index in [9.17, 15) is 8.42 Å². The summed E-state index contributed by atoms with van der Waals surface area (Å²) in [5.74, 6) is 0. The Morgan fingerprint density at radius 2 is 0.920 bits per heavy atom. The smallest absolute Gasteiger partial charge is 0.252 e. The van der Waals surface area contributed by atoms with Crippen LogP contribution in [0.5, 0.6) is 0 Å². The standard InChI is InChI=1S/C19H40O4S.Na/c1-3-4-5-6-7-8-9-10-11-12-13-14-15-16-17-18-19-23-24(20,21)22-2;/h3-19H2,1-2H3;. The molecule has 4 nitrogen and oxygen atoms in total. The molecule has 0 aromatic heterocycles. The Morgan fingerprint density at radius 1 is 0.600 bits per heavy atom. The van der Waals surface area contributed by atoms with Crippen LogP contribution in [0.3, 0.4) is 0 Å². The van der Waals surface area contributed by atoms with E-state index in [1.54, 1.807) is 0 Å². The number of hydrogen-bond donors (Lipinski definition) is 0. The summed E-state index contributed by atoms with van der Waals surface area (Å²) in [6, 6.07) is 0. The van der Waals surface area contributed by atoms with Crippen LogP contribution in [0.1, 0.15) is 110 Å². The van der Waals surface area contributed by atoms with Crippen LogP contribution < -0.4 is 0 Å². The van der Waals surface area contributed by atoms with Crippen molar-refractivity contribution in [3.05, 3.63) is 0 Å².